The summed E-state index contributed by atoms with van der Waals surface area (Å²) >= 11 is 0. The lowest BCUT2D eigenvalue weighted by Gasteiger charge is -2.10. The molecule has 0 aliphatic carbocycles. The molecule has 0 unspecified atom stereocenters. The maximum absolute atomic E-state index is 11.4. The molecule has 20 heavy (non-hydrogen) atoms. The van der Waals surface area contributed by atoms with Crippen molar-refractivity contribution in [3.63, 3.8) is 0 Å². The van der Waals surface area contributed by atoms with E-state index in [0.717, 1.165) is 0 Å². The van der Waals surface area contributed by atoms with Crippen LogP contribution in [0.4, 0.5) is 5.69 Å². The standard InChI is InChI=1S/C13H15N3O4/c1-3-6-15-13(17)9-20-12-5-4-11(16(18)19)7-10(12)8-14-2/h1,4-5,7,14H,6,8-9H2,2H3,(H,15,17). The fourth-order valence-corrected chi connectivity index (χ4v) is 1.49. The molecule has 0 spiro atoms. The number of hydrogen-bond donors (Lipinski definition) is 2. The zero-order valence-corrected chi connectivity index (χ0v) is 11.0. The lowest BCUT2D eigenvalue weighted by Crippen LogP contribution is -2.29. The number of carbonyl (C=O) groups excluding carboxylic acids is 1. The number of rotatable bonds is 7. The Balaban J connectivity index is 2.76. The van der Waals surface area contributed by atoms with Gasteiger partial charge in [0.25, 0.3) is 11.6 Å². The molecule has 0 aliphatic rings. The monoisotopic (exact) mass is 277 g/mol. The molecule has 1 aromatic rings. The first kappa shape index (κ1) is 15.5. The fourth-order valence-electron chi connectivity index (χ4n) is 1.49. The number of nitrogens with one attached hydrogen (secondary N) is 2. The van der Waals surface area contributed by atoms with Gasteiger partial charge < -0.3 is 15.4 Å². The van der Waals surface area contributed by atoms with E-state index in [9.17, 15) is 14.9 Å². The van der Waals surface area contributed by atoms with Crippen LogP contribution in [-0.4, -0.2) is 31.0 Å². The molecule has 106 valence electrons. The van der Waals surface area contributed by atoms with Crippen LogP contribution in [0.5, 0.6) is 5.75 Å². The summed E-state index contributed by atoms with van der Waals surface area (Å²) < 4.78 is 5.34. The SMILES string of the molecule is C#CCNC(=O)COc1ccc([N+](=O)[O-])cc1CNC. The summed E-state index contributed by atoms with van der Waals surface area (Å²) in [6.07, 6.45) is 5.02. The minimum atomic E-state index is -0.484. The van der Waals surface area contributed by atoms with E-state index >= 15 is 0 Å². The van der Waals surface area contributed by atoms with Gasteiger partial charge in [-0.25, -0.2) is 0 Å². The number of non-ortho nitro benzene ring substituents is 1. The Morgan fingerprint density at radius 2 is 2.30 bits per heavy atom. The van der Waals surface area contributed by atoms with Gasteiger partial charge in [-0.05, 0) is 13.1 Å². The molecule has 0 atom stereocenters. The molecule has 2 N–H and O–H groups in total. The van der Waals surface area contributed by atoms with Crippen molar-refractivity contribution in [3.05, 3.63) is 33.9 Å². The zero-order valence-electron chi connectivity index (χ0n) is 11.0. The summed E-state index contributed by atoms with van der Waals surface area (Å²) in [6, 6.07) is 4.21. The molecule has 0 fully saturated rings. The number of carbonyl (C=O) groups is 1. The van der Waals surface area contributed by atoms with E-state index in [1.54, 1.807) is 7.05 Å². The maximum atomic E-state index is 11.4. The van der Waals surface area contributed by atoms with Gasteiger partial charge in [0.2, 0.25) is 0 Å². The normalized spacial score (nSPS) is 9.60. The number of ether oxygens (including phenoxy) is 1. The molecule has 0 aliphatic heterocycles. The van der Waals surface area contributed by atoms with Crippen LogP contribution >= 0.6 is 0 Å². The van der Waals surface area contributed by atoms with Crippen LogP contribution in [0, 0.1) is 22.5 Å². The van der Waals surface area contributed by atoms with Crippen molar-refractivity contribution in [2.45, 2.75) is 6.54 Å². The van der Waals surface area contributed by atoms with Crippen molar-refractivity contribution in [1.29, 1.82) is 0 Å². The number of nitro benzene ring substituents is 1. The minimum absolute atomic E-state index is 0.0283. The minimum Gasteiger partial charge on any atom is -0.483 e. The van der Waals surface area contributed by atoms with Crippen LogP contribution in [0.2, 0.25) is 0 Å². The van der Waals surface area contributed by atoms with E-state index in [0.29, 0.717) is 17.9 Å². The molecule has 1 amide bonds. The van der Waals surface area contributed by atoms with Crippen molar-refractivity contribution >= 4 is 11.6 Å². The van der Waals surface area contributed by atoms with E-state index in [-0.39, 0.29) is 24.7 Å². The van der Waals surface area contributed by atoms with Gasteiger partial charge in [0.15, 0.2) is 6.61 Å². The van der Waals surface area contributed by atoms with Crippen LogP contribution in [0.1, 0.15) is 5.56 Å². The van der Waals surface area contributed by atoms with Gasteiger partial charge in [-0.15, -0.1) is 6.42 Å². The molecule has 1 rings (SSSR count). The molecule has 0 radical (unpaired) electrons. The van der Waals surface area contributed by atoms with E-state index in [1.165, 1.54) is 18.2 Å². The summed E-state index contributed by atoms with van der Waals surface area (Å²) in [5, 5.41) is 16.1. The molecule has 7 nitrogen and oxygen atoms in total. The number of terminal acetylenes is 1. The third-order valence-corrected chi connectivity index (χ3v) is 2.37. The Labute approximate surface area is 116 Å². The summed E-state index contributed by atoms with van der Waals surface area (Å²) in [7, 11) is 1.71. The molecule has 7 heteroatoms. The third-order valence-electron chi connectivity index (χ3n) is 2.37. The second kappa shape index (κ2) is 7.76. The summed E-state index contributed by atoms with van der Waals surface area (Å²) in [5.41, 5.74) is 0.575. The summed E-state index contributed by atoms with van der Waals surface area (Å²) in [5.74, 6) is 2.34. The largest absolute Gasteiger partial charge is 0.483 e. The Morgan fingerprint density at radius 3 is 2.90 bits per heavy atom. The van der Waals surface area contributed by atoms with Gasteiger partial charge in [-0.3, -0.25) is 14.9 Å². The molecule has 0 saturated heterocycles. The second-order valence-electron chi connectivity index (χ2n) is 3.85. The first-order valence-corrected chi connectivity index (χ1v) is 5.83. The summed E-state index contributed by atoms with van der Waals surface area (Å²) in [4.78, 5) is 21.6. The van der Waals surface area contributed by atoms with Crippen LogP contribution in [0.3, 0.4) is 0 Å². The topological polar surface area (TPSA) is 93.5 Å². The van der Waals surface area contributed by atoms with Gasteiger partial charge in [0.1, 0.15) is 5.75 Å². The summed E-state index contributed by atoms with van der Waals surface area (Å²) in [6.45, 7) is 0.324. The number of hydrogen-bond acceptors (Lipinski definition) is 5. The smallest absolute Gasteiger partial charge is 0.270 e. The van der Waals surface area contributed by atoms with Crippen LogP contribution < -0.4 is 15.4 Å². The maximum Gasteiger partial charge on any atom is 0.270 e. The van der Waals surface area contributed by atoms with Crippen molar-refractivity contribution in [2.24, 2.45) is 0 Å². The van der Waals surface area contributed by atoms with Crippen molar-refractivity contribution in [3.8, 4) is 18.1 Å². The lowest BCUT2D eigenvalue weighted by molar-refractivity contribution is -0.384. The number of amides is 1. The van der Waals surface area contributed by atoms with Crippen molar-refractivity contribution in [2.75, 3.05) is 20.2 Å². The van der Waals surface area contributed by atoms with Crippen LogP contribution in [0.15, 0.2) is 18.2 Å². The Kier molecular flexibility index (Phi) is 6.00. The molecule has 0 saturated carbocycles. The van der Waals surface area contributed by atoms with E-state index in [1.807, 2.05) is 0 Å². The van der Waals surface area contributed by atoms with E-state index in [4.69, 9.17) is 11.2 Å². The first-order chi connectivity index (χ1) is 9.58. The van der Waals surface area contributed by atoms with Crippen molar-refractivity contribution < 1.29 is 14.5 Å². The Morgan fingerprint density at radius 1 is 1.55 bits per heavy atom. The van der Waals surface area contributed by atoms with Gasteiger partial charge >= 0.3 is 0 Å². The lowest BCUT2D eigenvalue weighted by atomic mass is 10.2. The number of nitrogens with zero attached hydrogens (tertiary/aromatic N) is 1. The average molecular weight is 277 g/mol. The predicted octanol–water partition coefficient (Wildman–Crippen LogP) is 0.442. The van der Waals surface area contributed by atoms with Crippen LogP contribution in [-0.2, 0) is 11.3 Å². The second-order valence-corrected chi connectivity index (χ2v) is 3.85. The van der Waals surface area contributed by atoms with Gasteiger partial charge in [-0.1, -0.05) is 5.92 Å². The van der Waals surface area contributed by atoms with Crippen molar-refractivity contribution in [1.82, 2.24) is 10.6 Å². The highest BCUT2D eigenvalue weighted by molar-refractivity contribution is 5.77. The zero-order chi connectivity index (χ0) is 15.0. The van der Waals surface area contributed by atoms with Gasteiger partial charge in [0, 0.05) is 24.2 Å². The molecule has 0 heterocycles. The average Bonchev–Trinajstić information content (AvgIpc) is 2.43. The molecular formula is C13H15N3O4. The highest BCUT2D eigenvalue weighted by Crippen LogP contribution is 2.24. The molecule has 1 aromatic carbocycles. The Hall–Kier alpha value is -2.59. The van der Waals surface area contributed by atoms with Crippen LogP contribution in [0.25, 0.3) is 0 Å². The van der Waals surface area contributed by atoms with Gasteiger partial charge in [0.05, 0.1) is 11.5 Å². The molecule has 0 aromatic heterocycles. The quantitative estimate of drug-likeness (QED) is 0.428. The highest BCUT2D eigenvalue weighted by atomic mass is 16.6. The van der Waals surface area contributed by atoms with E-state index in [2.05, 4.69) is 16.6 Å². The molecular weight excluding hydrogens is 262 g/mol. The molecule has 0 bridgehead atoms. The fraction of sp³-hybridized carbons (Fsp3) is 0.308. The highest BCUT2D eigenvalue weighted by Gasteiger charge is 2.12. The number of benzene rings is 1. The van der Waals surface area contributed by atoms with Gasteiger partial charge in [-0.2, -0.15) is 0 Å². The number of nitro groups is 1. The van der Waals surface area contributed by atoms with E-state index < -0.39 is 4.92 Å². The predicted molar refractivity (Wildman–Crippen MR) is 73.2 cm³/mol. The third kappa shape index (κ3) is 4.59. The Bertz CT molecular complexity index is 537. The first-order valence-electron chi connectivity index (χ1n) is 5.83.